The summed E-state index contributed by atoms with van der Waals surface area (Å²) in [5.74, 6) is -0.0175. The Morgan fingerprint density at radius 2 is 1.38 bits per heavy atom. The fourth-order valence-electron chi connectivity index (χ4n) is 3.21. The fraction of sp³-hybridized carbons (Fsp3) is 0.857. The number of carbonyl (C=O) groups is 1. The van der Waals surface area contributed by atoms with E-state index in [4.69, 9.17) is 0 Å². The van der Waals surface area contributed by atoms with Crippen molar-refractivity contribution in [3.8, 4) is 0 Å². The highest BCUT2D eigenvalue weighted by atomic mass is 16.2. The van der Waals surface area contributed by atoms with Gasteiger partial charge in [-0.2, -0.15) is 0 Å². The molecule has 0 aromatic carbocycles. The first-order chi connectivity index (χ1) is 11.3. The van der Waals surface area contributed by atoms with Gasteiger partial charge < -0.3 is 9.80 Å². The van der Waals surface area contributed by atoms with Crippen LogP contribution in [0.2, 0.25) is 0 Å². The Morgan fingerprint density at radius 3 is 1.79 bits per heavy atom. The van der Waals surface area contributed by atoms with Crippen LogP contribution in [0.15, 0.2) is 12.2 Å². The van der Waals surface area contributed by atoms with Crippen LogP contribution >= 0.6 is 0 Å². The third-order valence-electron chi connectivity index (χ3n) is 5.00. The summed E-state index contributed by atoms with van der Waals surface area (Å²) in [6, 6.07) is 0. The number of amides is 1. The average molecular weight is 340 g/mol. The van der Waals surface area contributed by atoms with Crippen molar-refractivity contribution < 1.29 is 9.28 Å². The Bertz CT molecular complexity index is 350. The standard InChI is InChI=1S/C21H42N2O/c1-7-9-10-11-12-13-14-15-16-17-18-23(5,6)20(8-2)22-21(24)19(3)4/h20H,3,7-18H2,1-2,4-6H3/p+1. The third-order valence-corrected chi connectivity index (χ3v) is 5.00. The second-order valence-corrected chi connectivity index (χ2v) is 7.86. The van der Waals surface area contributed by atoms with Crippen molar-refractivity contribution in [3.63, 3.8) is 0 Å². The number of hydrogen-bond acceptors (Lipinski definition) is 1. The van der Waals surface area contributed by atoms with Gasteiger partial charge in [-0.05, 0) is 19.8 Å². The van der Waals surface area contributed by atoms with E-state index < -0.39 is 0 Å². The lowest BCUT2D eigenvalue weighted by atomic mass is 10.1. The van der Waals surface area contributed by atoms with Gasteiger partial charge in [-0.15, -0.1) is 0 Å². The summed E-state index contributed by atoms with van der Waals surface area (Å²) in [4.78, 5) is 11.9. The summed E-state index contributed by atoms with van der Waals surface area (Å²) in [5.41, 5.74) is 0.590. The van der Waals surface area contributed by atoms with Crippen LogP contribution in [0.4, 0.5) is 0 Å². The zero-order valence-corrected chi connectivity index (χ0v) is 17.1. The molecule has 0 spiro atoms. The van der Waals surface area contributed by atoms with Crippen molar-refractivity contribution in [1.82, 2.24) is 5.32 Å². The van der Waals surface area contributed by atoms with E-state index in [1.807, 2.05) is 0 Å². The van der Waals surface area contributed by atoms with Crippen molar-refractivity contribution in [2.45, 2.75) is 97.6 Å². The molecule has 0 rings (SSSR count). The normalized spacial score (nSPS) is 12.9. The summed E-state index contributed by atoms with van der Waals surface area (Å²) in [5, 5.41) is 3.13. The molecule has 3 heteroatoms. The SMILES string of the molecule is C=C(C)C(=O)NC(CC)[N+](C)(C)CCCCCCCCCCCC. The van der Waals surface area contributed by atoms with E-state index in [0.717, 1.165) is 17.4 Å². The molecule has 0 radical (unpaired) electrons. The first-order valence-electron chi connectivity index (χ1n) is 10.1. The van der Waals surface area contributed by atoms with Gasteiger partial charge in [0.1, 0.15) is 0 Å². The summed E-state index contributed by atoms with van der Waals surface area (Å²) in [6.45, 7) is 11.0. The minimum atomic E-state index is -0.0175. The molecule has 1 amide bonds. The van der Waals surface area contributed by atoms with E-state index in [2.05, 4.69) is 39.8 Å². The molecule has 24 heavy (non-hydrogen) atoms. The van der Waals surface area contributed by atoms with Gasteiger partial charge in [0.25, 0.3) is 5.91 Å². The molecule has 0 aliphatic carbocycles. The van der Waals surface area contributed by atoms with Crippen LogP contribution in [0.3, 0.4) is 0 Å². The highest BCUT2D eigenvalue weighted by molar-refractivity contribution is 5.92. The Morgan fingerprint density at radius 1 is 0.917 bits per heavy atom. The topological polar surface area (TPSA) is 29.1 Å². The van der Waals surface area contributed by atoms with Crippen LogP contribution in [0.25, 0.3) is 0 Å². The molecule has 1 atom stereocenters. The van der Waals surface area contributed by atoms with Crippen molar-refractivity contribution in [2.24, 2.45) is 0 Å². The molecule has 142 valence electrons. The van der Waals surface area contributed by atoms with E-state index in [1.165, 1.54) is 64.2 Å². The van der Waals surface area contributed by atoms with Crippen molar-refractivity contribution >= 4 is 5.91 Å². The molecule has 1 unspecified atom stereocenters. The predicted molar refractivity (Wildman–Crippen MR) is 106 cm³/mol. The van der Waals surface area contributed by atoms with Crippen LogP contribution in [0.1, 0.15) is 91.4 Å². The number of hydrogen-bond donors (Lipinski definition) is 1. The minimum Gasteiger partial charge on any atom is -0.309 e. The monoisotopic (exact) mass is 339 g/mol. The number of nitrogens with zero attached hydrogens (tertiary/aromatic N) is 1. The smallest absolute Gasteiger partial charge is 0.250 e. The van der Waals surface area contributed by atoms with Crippen LogP contribution in [0, 0.1) is 0 Å². The maximum absolute atomic E-state index is 11.9. The molecule has 0 aliphatic rings. The number of carbonyl (C=O) groups excluding carboxylic acids is 1. The Hall–Kier alpha value is -0.830. The van der Waals surface area contributed by atoms with Crippen molar-refractivity contribution in [3.05, 3.63) is 12.2 Å². The summed E-state index contributed by atoms with van der Waals surface area (Å²) in [7, 11) is 4.45. The molecule has 0 aliphatic heterocycles. The van der Waals surface area contributed by atoms with E-state index >= 15 is 0 Å². The predicted octanol–water partition coefficient (Wildman–Crippen LogP) is 5.41. The van der Waals surface area contributed by atoms with Gasteiger partial charge in [0.2, 0.25) is 0 Å². The second kappa shape index (κ2) is 13.5. The lowest BCUT2D eigenvalue weighted by Crippen LogP contribution is -2.57. The third kappa shape index (κ3) is 10.9. The molecule has 0 fully saturated rings. The molecule has 0 heterocycles. The zero-order valence-electron chi connectivity index (χ0n) is 17.1. The molecule has 0 aromatic rings. The summed E-state index contributed by atoms with van der Waals surface area (Å²) in [6.07, 6.45) is 14.8. The van der Waals surface area contributed by atoms with Gasteiger partial charge in [0, 0.05) is 12.0 Å². The number of unbranched alkanes of at least 4 members (excludes halogenated alkanes) is 9. The van der Waals surface area contributed by atoms with Gasteiger partial charge in [-0.3, -0.25) is 4.79 Å². The Kier molecular flexibility index (Phi) is 13.0. The molecule has 1 N–H and O–H groups in total. The first kappa shape index (κ1) is 23.2. The van der Waals surface area contributed by atoms with Gasteiger partial charge in [0.15, 0.2) is 6.17 Å². The fourth-order valence-corrected chi connectivity index (χ4v) is 3.21. The van der Waals surface area contributed by atoms with E-state index in [9.17, 15) is 4.79 Å². The van der Waals surface area contributed by atoms with E-state index in [1.54, 1.807) is 6.92 Å². The molecular weight excluding hydrogens is 296 g/mol. The summed E-state index contributed by atoms with van der Waals surface area (Å²) >= 11 is 0. The molecule has 0 saturated carbocycles. The second-order valence-electron chi connectivity index (χ2n) is 7.86. The van der Waals surface area contributed by atoms with Gasteiger partial charge in [0.05, 0.1) is 20.6 Å². The maximum Gasteiger partial charge on any atom is 0.250 e. The maximum atomic E-state index is 11.9. The lowest BCUT2D eigenvalue weighted by Gasteiger charge is -2.38. The Balaban J connectivity index is 3.85. The minimum absolute atomic E-state index is 0.0175. The quantitative estimate of drug-likeness (QED) is 0.184. The van der Waals surface area contributed by atoms with E-state index in [0.29, 0.717) is 5.57 Å². The van der Waals surface area contributed by atoms with Crippen LogP contribution in [-0.2, 0) is 4.79 Å². The highest BCUT2D eigenvalue weighted by Gasteiger charge is 2.27. The largest absolute Gasteiger partial charge is 0.309 e. The number of nitrogens with one attached hydrogen (secondary N) is 1. The van der Waals surface area contributed by atoms with Crippen molar-refractivity contribution in [1.29, 1.82) is 0 Å². The van der Waals surface area contributed by atoms with Crippen molar-refractivity contribution in [2.75, 3.05) is 20.6 Å². The van der Waals surface area contributed by atoms with Gasteiger partial charge in [-0.25, -0.2) is 0 Å². The molecule has 0 saturated heterocycles. The molecule has 0 aromatic heterocycles. The van der Waals surface area contributed by atoms with Gasteiger partial charge >= 0.3 is 0 Å². The zero-order chi connectivity index (χ0) is 18.4. The van der Waals surface area contributed by atoms with E-state index in [-0.39, 0.29) is 12.1 Å². The first-order valence-corrected chi connectivity index (χ1v) is 10.1. The highest BCUT2D eigenvalue weighted by Crippen LogP contribution is 2.14. The molecular formula is C21H43N2O+. The summed E-state index contributed by atoms with van der Waals surface area (Å²) < 4.78 is 0.854. The van der Waals surface area contributed by atoms with Gasteiger partial charge in [-0.1, -0.05) is 71.8 Å². The molecule has 0 bridgehead atoms. The Labute approximate surface area is 151 Å². The number of quaternary nitrogens is 1. The number of rotatable bonds is 15. The van der Waals surface area contributed by atoms with Crippen LogP contribution < -0.4 is 5.32 Å². The lowest BCUT2D eigenvalue weighted by molar-refractivity contribution is -0.917. The average Bonchev–Trinajstić information content (AvgIpc) is 2.53. The van der Waals surface area contributed by atoms with Crippen LogP contribution in [0.5, 0.6) is 0 Å². The molecule has 3 nitrogen and oxygen atoms in total. The van der Waals surface area contributed by atoms with Crippen LogP contribution in [-0.4, -0.2) is 37.2 Å².